The molecule has 28 heavy (non-hydrogen) atoms. The third kappa shape index (κ3) is 4.72. The average molecular weight is 400 g/mol. The number of hydrogen-bond donors (Lipinski definition) is 0. The van der Waals surface area contributed by atoms with Gasteiger partial charge in [-0.05, 0) is 49.6 Å². The molecule has 148 valence electrons. The lowest BCUT2D eigenvalue weighted by atomic mass is 10.2. The lowest BCUT2D eigenvalue weighted by Gasteiger charge is -2.29. The van der Waals surface area contributed by atoms with E-state index >= 15 is 0 Å². The van der Waals surface area contributed by atoms with Crippen LogP contribution in [0.2, 0.25) is 0 Å². The monoisotopic (exact) mass is 399 g/mol. The van der Waals surface area contributed by atoms with Crippen molar-refractivity contribution in [1.29, 1.82) is 0 Å². The van der Waals surface area contributed by atoms with Crippen molar-refractivity contribution in [3.05, 3.63) is 70.6 Å². The Kier molecular flexibility index (Phi) is 6.36. The molecule has 0 bridgehead atoms. The van der Waals surface area contributed by atoms with Crippen LogP contribution in [0.1, 0.15) is 35.0 Å². The fourth-order valence-corrected chi connectivity index (χ4v) is 3.63. The van der Waals surface area contributed by atoms with Crippen molar-refractivity contribution in [2.45, 2.75) is 33.0 Å². The second-order valence-electron chi connectivity index (χ2n) is 6.94. The van der Waals surface area contributed by atoms with Crippen LogP contribution in [0.4, 0.5) is 0 Å². The van der Waals surface area contributed by atoms with Crippen LogP contribution in [0.25, 0.3) is 0 Å². The first-order valence-electron chi connectivity index (χ1n) is 9.20. The van der Waals surface area contributed by atoms with Gasteiger partial charge in [-0.1, -0.05) is 6.07 Å². The van der Waals surface area contributed by atoms with E-state index in [0.717, 1.165) is 5.69 Å². The normalized spacial score (nSPS) is 11.0. The average Bonchev–Trinajstić information content (AvgIpc) is 3.42. The Labute approximate surface area is 169 Å². The molecule has 0 spiro atoms. The highest BCUT2D eigenvalue weighted by Gasteiger charge is 2.26. The summed E-state index contributed by atoms with van der Waals surface area (Å²) in [6, 6.07) is 11.1. The van der Waals surface area contributed by atoms with E-state index in [1.54, 1.807) is 28.2 Å². The Morgan fingerprint density at radius 3 is 2.54 bits per heavy atom. The van der Waals surface area contributed by atoms with E-state index in [-0.39, 0.29) is 24.4 Å². The highest BCUT2D eigenvalue weighted by molar-refractivity contribution is 7.12. The zero-order valence-corrected chi connectivity index (χ0v) is 17.2. The van der Waals surface area contributed by atoms with Crippen molar-refractivity contribution >= 4 is 23.2 Å². The molecule has 3 rings (SSSR count). The zero-order valence-electron chi connectivity index (χ0n) is 16.4. The number of carbonyl (C=O) groups is 2. The maximum absolute atomic E-state index is 13.2. The van der Waals surface area contributed by atoms with Crippen LogP contribution in [0.5, 0.6) is 0 Å². The van der Waals surface area contributed by atoms with E-state index in [2.05, 4.69) is 0 Å². The van der Waals surface area contributed by atoms with Gasteiger partial charge in [-0.25, -0.2) is 0 Å². The summed E-state index contributed by atoms with van der Waals surface area (Å²) in [5.74, 6) is 0.481. The molecule has 0 unspecified atom stereocenters. The van der Waals surface area contributed by atoms with Gasteiger partial charge in [0.2, 0.25) is 5.91 Å². The lowest BCUT2D eigenvalue weighted by Crippen LogP contribution is -2.45. The fraction of sp³-hybridized carbons (Fsp3) is 0.333. The van der Waals surface area contributed by atoms with E-state index in [0.29, 0.717) is 23.7 Å². The molecule has 0 aromatic carbocycles. The second kappa shape index (κ2) is 8.93. The summed E-state index contributed by atoms with van der Waals surface area (Å²) in [7, 11) is 1.95. The predicted molar refractivity (Wildman–Crippen MR) is 109 cm³/mol. The highest BCUT2D eigenvalue weighted by atomic mass is 32.1. The van der Waals surface area contributed by atoms with Crippen LogP contribution in [-0.4, -0.2) is 38.8 Å². The van der Waals surface area contributed by atoms with Gasteiger partial charge < -0.3 is 18.8 Å². The van der Waals surface area contributed by atoms with Crippen molar-refractivity contribution in [2.75, 3.05) is 6.54 Å². The largest absolute Gasteiger partial charge is 0.467 e. The molecule has 0 aliphatic rings. The Balaban J connectivity index is 1.78. The van der Waals surface area contributed by atoms with E-state index in [1.165, 1.54) is 11.3 Å². The first-order chi connectivity index (χ1) is 13.5. The van der Waals surface area contributed by atoms with E-state index in [4.69, 9.17) is 4.42 Å². The van der Waals surface area contributed by atoms with Crippen LogP contribution in [0, 0.1) is 0 Å². The molecule has 3 aromatic heterocycles. The lowest BCUT2D eigenvalue weighted by molar-refractivity contribution is -0.133. The smallest absolute Gasteiger partial charge is 0.264 e. The number of amides is 2. The molecule has 0 aliphatic heterocycles. The van der Waals surface area contributed by atoms with Gasteiger partial charge in [-0.2, -0.15) is 0 Å². The van der Waals surface area contributed by atoms with Crippen LogP contribution in [0.15, 0.2) is 58.7 Å². The van der Waals surface area contributed by atoms with Gasteiger partial charge in [0.1, 0.15) is 12.3 Å². The van der Waals surface area contributed by atoms with Crippen LogP contribution < -0.4 is 0 Å². The van der Waals surface area contributed by atoms with E-state index in [1.807, 2.05) is 61.3 Å². The number of aromatic nitrogens is 1. The number of thiophene rings is 1. The molecule has 0 fully saturated rings. The Morgan fingerprint density at radius 2 is 1.96 bits per heavy atom. The third-order valence-corrected chi connectivity index (χ3v) is 5.46. The summed E-state index contributed by atoms with van der Waals surface area (Å²) in [4.78, 5) is 30.0. The van der Waals surface area contributed by atoms with Crippen LogP contribution in [-0.2, 0) is 24.9 Å². The molecular weight excluding hydrogens is 374 g/mol. The van der Waals surface area contributed by atoms with Gasteiger partial charge in [0.25, 0.3) is 5.91 Å². The van der Waals surface area contributed by atoms with Crippen molar-refractivity contribution in [1.82, 2.24) is 14.4 Å². The summed E-state index contributed by atoms with van der Waals surface area (Å²) >= 11 is 1.39. The van der Waals surface area contributed by atoms with Crippen molar-refractivity contribution < 1.29 is 14.0 Å². The minimum absolute atomic E-state index is 0.0273. The van der Waals surface area contributed by atoms with Gasteiger partial charge in [0.15, 0.2) is 0 Å². The molecule has 0 radical (unpaired) electrons. The highest BCUT2D eigenvalue weighted by Crippen LogP contribution is 2.16. The van der Waals surface area contributed by atoms with Gasteiger partial charge in [0, 0.05) is 25.0 Å². The maximum atomic E-state index is 13.2. The van der Waals surface area contributed by atoms with Gasteiger partial charge in [-0.3, -0.25) is 9.59 Å². The number of carbonyl (C=O) groups excluding carboxylic acids is 2. The maximum Gasteiger partial charge on any atom is 0.264 e. The minimum Gasteiger partial charge on any atom is -0.467 e. The van der Waals surface area contributed by atoms with Gasteiger partial charge in [-0.15, -0.1) is 11.3 Å². The van der Waals surface area contributed by atoms with E-state index < -0.39 is 0 Å². The molecule has 0 saturated carbocycles. The topological polar surface area (TPSA) is 58.7 Å². The van der Waals surface area contributed by atoms with Crippen molar-refractivity contribution in [2.24, 2.45) is 7.05 Å². The van der Waals surface area contributed by atoms with Crippen molar-refractivity contribution in [3.63, 3.8) is 0 Å². The molecule has 3 aromatic rings. The van der Waals surface area contributed by atoms with Gasteiger partial charge >= 0.3 is 0 Å². The first kappa shape index (κ1) is 19.9. The Morgan fingerprint density at radius 1 is 1.14 bits per heavy atom. The SMILES string of the molecule is CC(C)N(CC(=O)N(Cc1ccco1)Cc1cccn1C)C(=O)c1cccs1. The summed E-state index contributed by atoms with van der Waals surface area (Å²) in [6.45, 7) is 4.68. The Bertz CT molecular complexity index is 897. The Hall–Kier alpha value is -2.80. The quantitative estimate of drug-likeness (QED) is 0.579. The number of rotatable bonds is 8. The zero-order chi connectivity index (χ0) is 20.1. The summed E-state index contributed by atoms with van der Waals surface area (Å²) in [6.07, 6.45) is 3.55. The molecule has 0 N–H and O–H groups in total. The number of furan rings is 1. The van der Waals surface area contributed by atoms with Gasteiger partial charge in [0.05, 0.1) is 24.2 Å². The first-order valence-corrected chi connectivity index (χ1v) is 10.1. The minimum atomic E-state index is -0.116. The van der Waals surface area contributed by atoms with Crippen LogP contribution in [0.3, 0.4) is 0 Å². The molecule has 3 heterocycles. The van der Waals surface area contributed by atoms with Crippen LogP contribution >= 0.6 is 11.3 Å². The number of aryl methyl sites for hydroxylation is 1. The summed E-state index contributed by atoms with van der Waals surface area (Å²) < 4.78 is 7.43. The predicted octanol–water partition coefficient (Wildman–Crippen LogP) is 3.76. The summed E-state index contributed by atoms with van der Waals surface area (Å²) in [5, 5.41) is 1.87. The molecule has 6 nitrogen and oxygen atoms in total. The number of nitrogens with zero attached hydrogens (tertiary/aromatic N) is 3. The fourth-order valence-electron chi connectivity index (χ4n) is 2.96. The molecule has 0 saturated heterocycles. The molecule has 7 heteroatoms. The molecule has 2 amide bonds. The number of hydrogen-bond acceptors (Lipinski definition) is 4. The summed E-state index contributed by atoms with van der Waals surface area (Å²) in [5.41, 5.74) is 1.01. The third-order valence-electron chi connectivity index (χ3n) is 4.61. The standard InChI is InChI=1S/C21H25N3O3S/c1-16(2)24(21(26)19-9-6-12-28-19)15-20(25)23(14-18-8-5-11-27-18)13-17-7-4-10-22(17)3/h4-12,16H,13-15H2,1-3H3. The van der Waals surface area contributed by atoms with E-state index in [9.17, 15) is 9.59 Å². The molecule has 0 atom stereocenters. The molecular formula is C21H25N3O3S. The molecule has 0 aliphatic carbocycles. The van der Waals surface area contributed by atoms with Crippen molar-refractivity contribution in [3.8, 4) is 0 Å². The second-order valence-corrected chi connectivity index (χ2v) is 7.89.